The van der Waals surface area contributed by atoms with Crippen molar-refractivity contribution >= 4 is 0 Å². The lowest BCUT2D eigenvalue weighted by molar-refractivity contribution is -0.362. The number of methoxy groups -OCH3 is 3. The van der Waals surface area contributed by atoms with Crippen molar-refractivity contribution in [2.45, 2.75) is 51.9 Å². The summed E-state index contributed by atoms with van der Waals surface area (Å²) in [5.41, 5.74) is -0.399. The Balaban J connectivity index is 2.92. The van der Waals surface area contributed by atoms with Gasteiger partial charge in [-0.05, 0) is 24.7 Å². The highest BCUT2D eigenvalue weighted by molar-refractivity contribution is 5.07. The fourth-order valence-corrected chi connectivity index (χ4v) is 3.53. The van der Waals surface area contributed by atoms with E-state index in [2.05, 4.69) is 19.9 Å². The first-order valence-electron chi connectivity index (χ1n) is 7.11. The Morgan fingerprint density at radius 3 is 1.74 bits per heavy atom. The van der Waals surface area contributed by atoms with Gasteiger partial charge in [-0.2, -0.15) is 5.26 Å². The zero-order valence-electron chi connectivity index (χ0n) is 12.9. The molecule has 1 saturated carbocycles. The van der Waals surface area contributed by atoms with Crippen LogP contribution in [0.3, 0.4) is 0 Å². The maximum atomic E-state index is 9.68. The van der Waals surface area contributed by atoms with E-state index in [1.165, 1.54) is 0 Å². The van der Waals surface area contributed by atoms with Gasteiger partial charge in [0.2, 0.25) is 0 Å². The van der Waals surface area contributed by atoms with Gasteiger partial charge in [-0.1, -0.05) is 26.7 Å². The average molecular weight is 269 g/mol. The average Bonchev–Trinajstić information content (AvgIpc) is 2.83. The van der Waals surface area contributed by atoms with Gasteiger partial charge in [-0.15, -0.1) is 0 Å². The van der Waals surface area contributed by atoms with Gasteiger partial charge in [0.25, 0.3) is 5.97 Å². The van der Waals surface area contributed by atoms with Crippen molar-refractivity contribution in [3.05, 3.63) is 0 Å². The molecule has 19 heavy (non-hydrogen) atoms. The Labute approximate surface area is 117 Å². The number of hydrogen-bond acceptors (Lipinski definition) is 4. The summed E-state index contributed by atoms with van der Waals surface area (Å²) >= 11 is 0. The van der Waals surface area contributed by atoms with Gasteiger partial charge in [-0.25, -0.2) is 0 Å². The van der Waals surface area contributed by atoms with Crippen molar-refractivity contribution in [2.24, 2.45) is 17.3 Å². The molecule has 1 aliphatic rings. The van der Waals surface area contributed by atoms with Crippen LogP contribution < -0.4 is 0 Å². The first-order chi connectivity index (χ1) is 9.04. The molecule has 110 valence electrons. The zero-order chi connectivity index (χ0) is 14.5. The van der Waals surface area contributed by atoms with Crippen LogP contribution in [0.4, 0.5) is 0 Å². The van der Waals surface area contributed by atoms with E-state index >= 15 is 0 Å². The molecule has 4 nitrogen and oxygen atoms in total. The normalized spacial score (nSPS) is 31.4. The maximum absolute atomic E-state index is 9.68. The number of nitrogens with zero attached hydrogens (tertiary/aromatic N) is 1. The van der Waals surface area contributed by atoms with Crippen LogP contribution in [0.25, 0.3) is 0 Å². The topological polar surface area (TPSA) is 51.5 Å². The lowest BCUT2D eigenvalue weighted by Gasteiger charge is -2.34. The molecule has 2 atom stereocenters. The first-order valence-corrected chi connectivity index (χ1v) is 7.11. The molecule has 2 unspecified atom stereocenters. The largest absolute Gasteiger partial charge is 0.331 e. The summed E-state index contributed by atoms with van der Waals surface area (Å²) in [6, 6.07) is 2.52. The standard InChI is InChI=1S/C15H27NO3/c1-6-12-8-14(11-16,9-13(12)7-2)10-15(17-3,18-4)19-5/h12-13H,6-10H2,1-5H3. The lowest BCUT2D eigenvalue weighted by Crippen LogP contribution is -2.41. The molecule has 0 N–H and O–H groups in total. The Morgan fingerprint density at radius 2 is 1.47 bits per heavy atom. The van der Waals surface area contributed by atoms with Crippen molar-refractivity contribution in [1.29, 1.82) is 5.26 Å². The van der Waals surface area contributed by atoms with Crippen LogP contribution in [0, 0.1) is 28.6 Å². The van der Waals surface area contributed by atoms with Crippen molar-refractivity contribution < 1.29 is 14.2 Å². The molecule has 0 saturated heterocycles. The lowest BCUT2D eigenvalue weighted by atomic mass is 9.81. The highest BCUT2D eigenvalue weighted by Gasteiger charge is 2.50. The molecule has 0 radical (unpaired) electrons. The quantitative estimate of drug-likeness (QED) is 0.665. The molecule has 0 heterocycles. The number of nitriles is 1. The molecule has 0 aliphatic heterocycles. The molecule has 4 heteroatoms. The first kappa shape index (κ1) is 16.4. The van der Waals surface area contributed by atoms with Crippen LogP contribution in [-0.4, -0.2) is 27.3 Å². The molecule has 1 aliphatic carbocycles. The van der Waals surface area contributed by atoms with Gasteiger partial charge in [0.05, 0.1) is 11.5 Å². The minimum Gasteiger partial charge on any atom is -0.331 e. The summed E-state index contributed by atoms with van der Waals surface area (Å²) in [7, 11) is 4.67. The smallest absolute Gasteiger partial charge is 0.283 e. The molecule has 1 fully saturated rings. The fraction of sp³-hybridized carbons (Fsp3) is 0.933. The third kappa shape index (κ3) is 3.28. The summed E-state index contributed by atoms with van der Waals surface area (Å²) in [6.45, 7) is 4.41. The predicted octanol–water partition coefficient (Wildman–Crippen LogP) is 3.33. The van der Waals surface area contributed by atoms with E-state index in [-0.39, 0.29) is 0 Å². The van der Waals surface area contributed by atoms with E-state index < -0.39 is 11.4 Å². The van der Waals surface area contributed by atoms with E-state index in [9.17, 15) is 5.26 Å². The minimum atomic E-state index is -1.10. The van der Waals surface area contributed by atoms with E-state index in [0.29, 0.717) is 18.3 Å². The van der Waals surface area contributed by atoms with E-state index in [0.717, 1.165) is 25.7 Å². The monoisotopic (exact) mass is 269 g/mol. The Bertz CT molecular complexity index is 300. The van der Waals surface area contributed by atoms with Crippen LogP contribution in [0.5, 0.6) is 0 Å². The Morgan fingerprint density at radius 1 is 1.05 bits per heavy atom. The highest BCUT2D eigenvalue weighted by atomic mass is 16.9. The molecule has 0 aromatic heterocycles. The fourth-order valence-electron chi connectivity index (χ4n) is 3.53. The molecule has 0 aromatic carbocycles. The summed E-state index contributed by atoms with van der Waals surface area (Å²) < 4.78 is 16.1. The van der Waals surface area contributed by atoms with Crippen LogP contribution in [0.1, 0.15) is 46.0 Å². The van der Waals surface area contributed by atoms with Crippen molar-refractivity contribution in [1.82, 2.24) is 0 Å². The predicted molar refractivity (Wildman–Crippen MR) is 73.2 cm³/mol. The molecule has 0 aromatic rings. The van der Waals surface area contributed by atoms with Gasteiger partial charge >= 0.3 is 0 Å². The summed E-state index contributed by atoms with van der Waals surface area (Å²) in [4.78, 5) is 0. The van der Waals surface area contributed by atoms with Gasteiger partial charge < -0.3 is 14.2 Å². The van der Waals surface area contributed by atoms with Crippen molar-refractivity contribution in [3.63, 3.8) is 0 Å². The summed E-state index contributed by atoms with van der Waals surface area (Å²) in [6.07, 6.45) is 4.55. The summed E-state index contributed by atoms with van der Waals surface area (Å²) in [5.74, 6) is 0.136. The van der Waals surface area contributed by atoms with Gasteiger partial charge in [-0.3, -0.25) is 0 Å². The molecule has 1 rings (SSSR count). The third-order valence-corrected chi connectivity index (χ3v) is 4.75. The third-order valence-electron chi connectivity index (χ3n) is 4.75. The van der Waals surface area contributed by atoms with Crippen LogP contribution >= 0.6 is 0 Å². The van der Waals surface area contributed by atoms with E-state index in [4.69, 9.17) is 14.2 Å². The van der Waals surface area contributed by atoms with Crippen LogP contribution in [0.2, 0.25) is 0 Å². The highest BCUT2D eigenvalue weighted by Crippen LogP contribution is 2.52. The summed E-state index contributed by atoms with van der Waals surface area (Å²) in [5, 5.41) is 9.68. The number of hydrogen-bond donors (Lipinski definition) is 0. The van der Waals surface area contributed by atoms with Crippen molar-refractivity contribution in [3.8, 4) is 6.07 Å². The number of ether oxygens (including phenoxy) is 3. The van der Waals surface area contributed by atoms with E-state index in [1.54, 1.807) is 21.3 Å². The Hall–Kier alpha value is -0.630. The van der Waals surface area contributed by atoms with Crippen LogP contribution in [0.15, 0.2) is 0 Å². The molecular formula is C15H27NO3. The van der Waals surface area contributed by atoms with Gasteiger partial charge in [0.15, 0.2) is 0 Å². The second kappa shape index (κ2) is 6.69. The molecule has 0 amide bonds. The second-order valence-corrected chi connectivity index (χ2v) is 5.61. The molecule has 0 bridgehead atoms. The minimum absolute atomic E-state index is 0.399. The maximum Gasteiger partial charge on any atom is 0.283 e. The SMILES string of the molecule is CCC1CC(C#N)(CC(OC)(OC)OC)CC1CC. The number of rotatable bonds is 7. The van der Waals surface area contributed by atoms with Crippen molar-refractivity contribution in [2.75, 3.05) is 21.3 Å². The Kier molecular flexibility index (Phi) is 5.79. The molecular weight excluding hydrogens is 242 g/mol. The second-order valence-electron chi connectivity index (χ2n) is 5.61. The molecule has 0 spiro atoms. The van der Waals surface area contributed by atoms with Gasteiger partial charge in [0.1, 0.15) is 0 Å². The van der Waals surface area contributed by atoms with Crippen LogP contribution in [-0.2, 0) is 14.2 Å². The zero-order valence-corrected chi connectivity index (χ0v) is 12.9. The van der Waals surface area contributed by atoms with E-state index in [1.807, 2.05) is 0 Å². The van der Waals surface area contributed by atoms with Gasteiger partial charge in [0, 0.05) is 27.8 Å².